The van der Waals surface area contributed by atoms with Crippen LogP contribution in [0.4, 0.5) is 11.4 Å². The number of pyridine rings is 1. The summed E-state index contributed by atoms with van der Waals surface area (Å²) >= 11 is 1.47. The summed E-state index contributed by atoms with van der Waals surface area (Å²) in [7, 11) is 1.66. The summed E-state index contributed by atoms with van der Waals surface area (Å²) in [5, 5.41) is 14.6. The highest BCUT2D eigenvalue weighted by molar-refractivity contribution is 7.21. The number of nitrogens with zero attached hydrogens (tertiary/aromatic N) is 6. The number of anilines is 2. The van der Waals surface area contributed by atoms with Crippen LogP contribution in [0.1, 0.15) is 29.4 Å². The van der Waals surface area contributed by atoms with Crippen LogP contribution in [0.5, 0.6) is 0 Å². The van der Waals surface area contributed by atoms with Gasteiger partial charge < -0.3 is 15.4 Å². The highest BCUT2D eigenvalue weighted by atomic mass is 32.1. The maximum Gasteiger partial charge on any atom is 0.260 e. The topological polar surface area (TPSA) is 119 Å². The first-order chi connectivity index (χ1) is 17.9. The molecule has 0 unspecified atom stereocenters. The van der Waals surface area contributed by atoms with E-state index in [-0.39, 0.29) is 11.8 Å². The summed E-state index contributed by atoms with van der Waals surface area (Å²) in [6, 6.07) is 1.74. The summed E-state index contributed by atoms with van der Waals surface area (Å²) in [4.78, 5) is 33.9. The van der Waals surface area contributed by atoms with Crippen molar-refractivity contribution in [2.75, 3.05) is 44.0 Å². The first-order valence-electron chi connectivity index (χ1n) is 12.2. The largest absolute Gasteiger partial charge is 0.383 e. The summed E-state index contributed by atoms with van der Waals surface area (Å²) < 4.78 is 8.63. The Morgan fingerprint density at radius 3 is 2.84 bits per heavy atom. The molecule has 0 aromatic carbocycles. The molecule has 2 N–H and O–H groups in total. The van der Waals surface area contributed by atoms with Crippen molar-refractivity contribution in [1.82, 2.24) is 29.3 Å². The van der Waals surface area contributed by atoms with Crippen LogP contribution in [-0.4, -0.2) is 74.4 Å². The van der Waals surface area contributed by atoms with Gasteiger partial charge in [0.15, 0.2) is 0 Å². The van der Waals surface area contributed by atoms with Gasteiger partial charge in [0.2, 0.25) is 5.91 Å². The Hall–Kier alpha value is -3.61. The molecule has 37 heavy (non-hydrogen) atoms. The van der Waals surface area contributed by atoms with E-state index in [1.54, 1.807) is 36.3 Å². The van der Waals surface area contributed by atoms with Crippen LogP contribution in [0, 0.1) is 12.8 Å². The van der Waals surface area contributed by atoms with E-state index in [1.807, 2.05) is 24.0 Å². The summed E-state index contributed by atoms with van der Waals surface area (Å²) in [5.41, 5.74) is 3.14. The molecule has 1 saturated heterocycles. The highest BCUT2D eigenvalue weighted by Gasteiger charge is 2.21. The van der Waals surface area contributed by atoms with Crippen molar-refractivity contribution in [3.63, 3.8) is 0 Å². The Balaban J connectivity index is 1.28. The van der Waals surface area contributed by atoms with Gasteiger partial charge in [0, 0.05) is 31.6 Å². The SMILES string of the molecule is COCCn1cc(-c2cn3ncc(C(=O)Nc4cc(NC(=O)CN5CC[C@@H](C)C5)cnc4C)c3s2)cn1. The van der Waals surface area contributed by atoms with Gasteiger partial charge in [0.25, 0.3) is 5.91 Å². The molecular weight excluding hydrogens is 492 g/mol. The van der Waals surface area contributed by atoms with E-state index in [0.717, 1.165) is 34.8 Å². The number of aromatic nitrogens is 5. The van der Waals surface area contributed by atoms with Gasteiger partial charge in [-0.3, -0.25) is 24.2 Å². The molecule has 4 aromatic heterocycles. The molecular formula is C25H30N8O3S. The molecule has 1 aliphatic rings. The number of likely N-dealkylation sites (tertiary alicyclic amines) is 1. The lowest BCUT2D eigenvalue weighted by molar-refractivity contribution is -0.117. The third-order valence-electron chi connectivity index (χ3n) is 6.38. The van der Waals surface area contributed by atoms with E-state index in [2.05, 4.69) is 37.6 Å². The second-order valence-corrected chi connectivity index (χ2v) is 10.4. The molecule has 0 radical (unpaired) electrons. The van der Waals surface area contributed by atoms with Crippen LogP contribution in [-0.2, 0) is 16.1 Å². The predicted molar refractivity (Wildman–Crippen MR) is 142 cm³/mol. The number of thiazole rings is 1. The first kappa shape index (κ1) is 25.1. The van der Waals surface area contributed by atoms with Crippen molar-refractivity contribution in [2.45, 2.75) is 26.8 Å². The van der Waals surface area contributed by atoms with Crippen LogP contribution in [0.3, 0.4) is 0 Å². The van der Waals surface area contributed by atoms with E-state index in [4.69, 9.17) is 4.74 Å². The molecule has 0 saturated carbocycles. The van der Waals surface area contributed by atoms with E-state index < -0.39 is 0 Å². The lowest BCUT2D eigenvalue weighted by Crippen LogP contribution is -2.31. The maximum absolute atomic E-state index is 13.2. The third kappa shape index (κ3) is 5.71. The fourth-order valence-corrected chi connectivity index (χ4v) is 5.40. The second-order valence-electron chi connectivity index (χ2n) is 9.38. The van der Waals surface area contributed by atoms with Gasteiger partial charge in [-0.2, -0.15) is 10.2 Å². The molecule has 5 heterocycles. The summed E-state index contributed by atoms with van der Waals surface area (Å²) in [5.74, 6) is 0.231. The number of aryl methyl sites for hydroxylation is 1. The summed E-state index contributed by atoms with van der Waals surface area (Å²) in [6.45, 7) is 7.46. The Kier molecular flexibility index (Phi) is 7.31. The molecule has 2 amide bonds. The maximum atomic E-state index is 13.2. The number of hydrogen-bond acceptors (Lipinski definition) is 8. The first-order valence-corrected chi connectivity index (χ1v) is 13.0. The van der Waals surface area contributed by atoms with Crippen molar-refractivity contribution in [2.24, 2.45) is 5.92 Å². The Labute approximate surface area is 218 Å². The molecule has 4 aromatic rings. The average molecular weight is 523 g/mol. The van der Waals surface area contributed by atoms with Crippen LogP contribution in [0.15, 0.2) is 37.1 Å². The number of carbonyl (C=O) groups excluding carboxylic acids is 2. The van der Waals surface area contributed by atoms with Gasteiger partial charge in [0.05, 0.1) is 65.8 Å². The minimum absolute atomic E-state index is 0.0907. The third-order valence-corrected chi connectivity index (χ3v) is 7.54. The molecule has 194 valence electrons. The second kappa shape index (κ2) is 10.8. The molecule has 0 spiro atoms. The molecule has 0 bridgehead atoms. The fraction of sp³-hybridized carbons (Fsp3) is 0.400. The standard InChI is InChI=1S/C25H30N8O3S/c1-16-4-5-31(12-16)15-23(34)29-19-8-21(17(2)26-10-19)30-24(35)20-11-28-33-14-22(37-25(20)33)18-9-27-32(13-18)6-7-36-3/h8-11,13-14,16H,4-7,12,15H2,1-3H3,(H,29,34)(H,30,35)/t16-/m1/s1. The Bertz CT molecular complexity index is 1420. The zero-order valence-electron chi connectivity index (χ0n) is 21.1. The van der Waals surface area contributed by atoms with E-state index in [9.17, 15) is 9.59 Å². The normalized spacial score (nSPS) is 15.9. The number of nitrogens with one attached hydrogen (secondary N) is 2. The number of hydrogen-bond donors (Lipinski definition) is 2. The Morgan fingerprint density at radius 1 is 1.19 bits per heavy atom. The number of amides is 2. The van der Waals surface area contributed by atoms with Crippen molar-refractivity contribution < 1.29 is 14.3 Å². The lowest BCUT2D eigenvalue weighted by atomic mass is 10.2. The molecule has 12 heteroatoms. The van der Waals surface area contributed by atoms with Crippen LogP contribution in [0.25, 0.3) is 15.3 Å². The van der Waals surface area contributed by atoms with Crippen molar-refractivity contribution in [3.8, 4) is 10.4 Å². The minimum atomic E-state index is -0.293. The zero-order valence-corrected chi connectivity index (χ0v) is 21.9. The van der Waals surface area contributed by atoms with Gasteiger partial charge in [0.1, 0.15) is 4.83 Å². The zero-order chi connectivity index (χ0) is 25.9. The molecule has 5 rings (SSSR count). The van der Waals surface area contributed by atoms with Gasteiger partial charge >= 0.3 is 0 Å². The van der Waals surface area contributed by atoms with Crippen LogP contribution in [0.2, 0.25) is 0 Å². The van der Waals surface area contributed by atoms with Gasteiger partial charge in [-0.25, -0.2) is 4.52 Å². The molecule has 1 atom stereocenters. The monoisotopic (exact) mass is 522 g/mol. The van der Waals surface area contributed by atoms with Crippen molar-refractivity contribution >= 4 is 39.4 Å². The van der Waals surface area contributed by atoms with Gasteiger partial charge in [-0.15, -0.1) is 11.3 Å². The number of fused-ring (bicyclic) bond motifs is 1. The number of rotatable bonds is 9. The number of methoxy groups -OCH3 is 1. The molecule has 0 aliphatic carbocycles. The summed E-state index contributed by atoms with van der Waals surface area (Å²) in [6.07, 6.45) is 9.90. The van der Waals surface area contributed by atoms with E-state index in [0.29, 0.717) is 48.2 Å². The van der Waals surface area contributed by atoms with E-state index >= 15 is 0 Å². The molecule has 1 fully saturated rings. The fourth-order valence-electron chi connectivity index (χ4n) is 4.36. The molecule has 11 nitrogen and oxygen atoms in total. The number of carbonyl (C=O) groups is 2. The van der Waals surface area contributed by atoms with Crippen LogP contribution >= 0.6 is 11.3 Å². The predicted octanol–water partition coefficient (Wildman–Crippen LogP) is 3.14. The molecule has 1 aliphatic heterocycles. The number of ether oxygens (including phenoxy) is 1. The van der Waals surface area contributed by atoms with Gasteiger partial charge in [-0.1, -0.05) is 6.92 Å². The highest BCUT2D eigenvalue weighted by Crippen LogP contribution is 2.31. The smallest absolute Gasteiger partial charge is 0.260 e. The lowest BCUT2D eigenvalue weighted by Gasteiger charge is -2.15. The minimum Gasteiger partial charge on any atom is -0.383 e. The quantitative estimate of drug-likeness (QED) is 0.347. The van der Waals surface area contributed by atoms with E-state index in [1.165, 1.54) is 11.3 Å². The average Bonchev–Trinajstić information content (AvgIpc) is 3.64. The van der Waals surface area contributed by atoms with Crippen molar-refractivity contribution in [3.05, 3.63) is 48.3 Å². The van der Waals surface area contributed by atoms with Gasteiger partial charge in [-0.05, 0) is 31.9 Å². The Morgan fingerprint density at radius 2 is 2.05 bits per heavy atom. The van der Waals surface area contributed by atoms with Crippen LogP contribution < -0.4 is 10.6 Å². The van der Waals surface area contributed by atoms with Crippen molar-refractivity contribution in [1.29, 1.82) is 0 Å².